The lowest BCUT2D eigenvalue weighted by Gasteiger charge is -2.40. The van der Waals surface area contributed by atoms with E-state index in [1.54, 1.807) is 0 Å². The molecule has 0 saturated heterocycles. The second-order valence-electron chi connectivity index (χ2n) is 5.03. The van der Waals surface area contributed by atoms with Crippen molar-refractivity contribution in [2.45, 2.75) is 43.8 Å². The van der Waals surface area contributed by atoms with Gasteiger partial charge in [0.25, 0.3) is 0 Å². The monoisotopic (exact) mass is 367 g/mol. The van der Waals surface area contributed by atoms with Crippen molar-refractivity contribution < 1.29 is 39.5 Å². The molecule has 0 aliphatic heterocycles. The molecule has 1 aromatic carbocycles. The van der Waals surface area contributed by atoms with Crippen LogP contribution in [0.4, 0.5) is 45.2 Å². The van der Waals surface area contributed by atoms with Crippen LogP contribution in [0.3, 0.4) is 0 Å². The molecule has 24 heavy (non-hydrogen) atoms. The first-order chi connectivity index (χ1) is 10.8. The number of benzene rings is 1. The highest BCUT2D eigenvalue weighted by molar-refractivity contribution is 5.48. The van der Waals surface area contributed by atoms with Gasteiger partial charge in [0.05, 0.1) is 0 Å². The summed E-state index contributed by atoms with van der Waals surface area (Å²) in [5.74, 6) is -13.6. The van der Waals surface area contributed by atoms with Crippen LogP contribution in [0.25, 0.3) is 0 Å². The van der Waals surface area contributed by atoms with E-state index in [1.807, 2.05) is 0 Å². The molecule has 0 heterocycles. The average Bonchev–Trinajstić information content (AvgIpc) is 2.47. The van der Waals surface area contributed by atoms with E-state index in [0.29, 0.717) is 0 Å². The molecule has 0 saturated carbocycles. The van der Waals surface area contributed by atoms with Crippen LogP contribution in [0.1, 0.15) is 19.8 Å². The summed E-state index contributed by atoms with van der Waals surface area (Å²) in [6.45, 7) is 0.695. The number of nitrogens with zero attached hydrogens (tertiary/aromatic N) is 1. The summed E-state index contributed by atoms with van der Waals surface area (Å²) in [6.07, 6.45) is -6.70. The molecule has 0 radical (unpaired) electrons. The Labute approximate surface area is 132 Å². The SMILES string of the molecule is CCCCN(c1ccccc1)C(F)(F)C(F)(F)C(F)(F)C(F)(F)F. The van der Waals surface area contributed by atoms with Crippen LogP contribution in [0.15, 0.2) is 30.3 Å². The number of hydrogen-bond acceptors (Lipinski definition) is 1. The summed E-state index contributed by atoms with van der Waals surface area (Å²) in [5, 5.41) is 0. The Morgan fingerprint density at radius 1 is 0.792 bits per heavy atom. The van der Waals surface area contributed by atoms with Gasteiger partial charge in [-0.05, 0) is 18.6 Å². The molecule has 0 unspecified atom stereocenters. The Morgan fingerprint density at radius 2 is 1.29 bits per heavy atom. The van der Waals surface area contributed by atoms with Gasteiger partial charge in [-0.1, -0.05) is 31.5 Å². The zero-order valence-electron chi connectivity index (χ0n) is 12.4. The summed E-state index contributed by atoms with van der Waals surface area (Å²) < 4.78 is 118. The van der Waals surface area contributed by atoms with Crippen molar-refractivity contribution in [1.29, 1.82) is 0 Å². The molecular formula is C14H14F9N. The van der Waals surface area contributed by atoms with Crippen molar-refractivity contribution in [2.24, 2.45) is 0 Å². The van der Waals surface area contributed by atoms with Crippen LogP contribution in [0, 0.1) is 0 Å². The molecule has 0 spiro atoms. The van der Waals surface area contributed by atoms with Crippen LogP contribution in [0.5, 0.6) is 0 Å². The van der Waals surface area contributed by atoms with Crippen LogP contribution in [-0.2, 0) is 0 Å². The predicted octanol–water partition coefficient (Wildman–Crippen LogP) is 5.72. The van der Waals surface area contributed by atoms with Crippen molar-refractivity contribution in [1.82, 2.24) is 0 Å². The molecular weight excluding hydrogens is 353 g/mol. The van der Waals surface area contributed by atoms with E-state index in [2.05, 4.69) is 0 Å². The van der Waals surface area contributed by atoms with Gasteiger partial charge in [-0.15, -0.1) is 0 Å². The molecule has 1 rings (SSSR count). The van der Waals surface area contributed by atoms with Gasteiger partial charge in [0.2, 0.25) is 0 Å². The van der Waals surface area contributed by atoms with Gasteiger partial charge in [-0.25, -0.2) is 0 Å². The first-order valence-electron chi connectivity index (χ1n) is 6.83. The molecule has 0 N–H and O–H groups in total. The standard InChI is InChI=1S/C14H14F9N/c1-2-3-9-24(10-7-5-4-6-8-10)14(22,23)12(17,18)11(15,16)13(19,20)21/h4-8H,2-3,9H2,1H3. The van der Waals surface area contributed by atoms with Crippen LogP contribution < -0.4 is 4.90 Å². The van der Waals surface area contributed by atoms with E-state index in [9.17, 15) is 39.5 Å². The molecule has 1 nitrogen and oxygen atoms in total. The average molecular weight is 367 g/mol. The van der Waals surface area contributed by atoms with Gasteiger partial charge >= 0.3 is 24.1 Å². The maximum Gasteiger partial charge on any atom is 0.460 e. The second-order valence-corrected chi connectivity index (χ2v) is 5.03. The Balaban J connectivity index is 3.38. The molecule has 0 aliphatic carbocycles. The quantitative estimate of drug-likeness (QED) is 0.440. The molecule has 10 heteroatoms. The fourth-order valence-corrected chi connectivity index (χ4v) is 1.89. The Morgan fingerprint density at radius 3 is 1.71 bits per heavy atom. The zero-order chi connectivity index (χ0) is 18.8. The molecule has 0 atom stereocenters. The molecule has 0 aliphatic rings. The van der Waals surface area contributed by atoms with E-state index < -0.39 is 41.2 Å². The molecule has 0 bridgehead atoms. The minimum Gasteiger partial charge on any atom is -0.308 e. The lowest BCUT2D eigenvalue weighted by atomic mass is 10.1. The highest BCUT2D eigenvalue weighted by atomic mass is 19.4. The van der Waals surface area contributed by atoms with Crippen LogP contribution in [0.2, 0.25) is 0 Å². The number of unbranched alkanes of at least 4 members (excludes halogenated alkanes) is 1. The number of anilines is 1. The summed E-state index contributed by atoms with van der Waals surface area (Å²) in [7, 11) is 0. The lowest BCUT2D eigenvalue weighted by molar-refractivity contribution is -0.395. The van der Waals surface area contributed by atoms with Gasteiger partial charge < -0.3 is 4.90 Å². The van der Waals surface area contributed by atoms with Crippen molar-refractivity contribution in [3.63, 3.8) is 0 Å². The van der Waals surface area contributed by atoms with E-state index >= 15 is 0 Å². The van der Waals surface area contributed by atoms with Crippen molar-refractivity contribution in [2.75, 3.05) is 11.4 Å². The van der Waals surface area contributed by atoms with E-state index in [0.717, 1.165) is 12.1 Å². The number of alkyl halides is 9. The van der Waals surface area contributed by atoms with Gasteiger partial charge in [0.1, 0.15) is 0 Å². The summed E-state index contributed by atoms with van der Waals surface area (Å²) >= 11 is 0. The highest BCUT2D eigenvalue weighted by Crippen LogP contribution is 2.54. The lowest BCUT2D eigenvalue weighted by Crippen LogP contribution is -2.66. The normalized spacial score (nSPS) is 13.9. The smallest absolute Gasteiger partial charge is 0.308 e. The van der Waals surface area contributed by atoms with Crippen LogP contribution in [-0.4, -0.2) is 30.6 Å². The molecule has 0 amide bonds. The third kappa shape index (κ3) is 3.41. The van der Waals surface area contributed by atoms with Crippen molar-refractivity contribution in [3.8, 4) is 0 Å². The van der Waals surface area contributed by atoms with Gasteiger partial charge in [0, 0.05) is 12.2 Å². The van der Waals surface area contributed by atoms with E-state index in [1.165, 1.54) is 25.1 Å². The van der Waals surface area contributed by atoms with Gasteiger partial charge in [-0.2, -0.15) is 39.5 Å². The maximum absolute atomic E-state index is 14.1. The summed E-state index contributed by atoms with van der Waals surface area (Å²) in [6, 6.07) is -0.226. The Kier molecular flexibility index (Phi) is 5.72. The predicted molar refractivity (Wildman–Crippen MR) is 69.6 cm³/mol. The summed E-state index contributed by atoms with van der Waals surface area (Å²) in [4.78, 5) is -0.420. The van der Waals surface area contributed by atoms with E-state index in [4.69, 9.17) is 0 Å². The fraction of sp³-hybridized carbons (Fsp3) is 0.571. The Bertz CT molecular complexity index is 525. The first-order valence-corrected chi connectivity index (χ1v) is 6.83. The number of rotatable bonds is 7. The van der Waals surface area contributed by atoms with Crippen LogP contribution >= 0.6 is 0 Å². The first kappa shape index (κ1) is 20.4. The number of halogens is 9. The van der Waals surface area contributed by atoms with Gasteiger partial charge in [-0.3, -0.25) is 0 Å². The van der Waals surface area contributed by atoms with Gasteiger partial charge in [0.15, 0.2) is 0 Å². The number of hydrogen-bond donors (Lipinski definition) is 0. The second kappa shape index (κ2) is 6.72. The zero-order valence-corrected chi connectivity index (χ0v) is 12.4. The molecule has 0 fully saturated rings. The third-order valence-corrected chi connectivity index (χ3v) is 3.27. The Hall–Kier alpha value is -1.61. The highest BCUT2D eigenvalue weighted by Gasteiger charge is 2.83. The molecule has 1 aromatic rings. The van der Waals surface area contributed by atoms with Crippen molar-refractivity contribution in [3.05, 3.63) is 30.3 Å². The third-order valence-electron chi connectivity index (χ3n) is 3.27. The minimum absolute atomic E-state index is 0.113. The maximum atomic E-state index is 14.1. The molecule has 138 valence electrons. The molecule has 0 aromatic heterocycles. The fourth-order valence-electron chi connectivity index (χ4n) is 1.89. The summed E-state index contributed by atoms with van der Waals surface area (Å²) in [5.41, 5.74) is -0.589. The minimum atomic E-state index is -6.90. The van der Waals surface area contributed by atoms with E-state index in [-0.39, 0.29) is 12.8 Å². The van der Waals surface area contributed by atoms with Crippen molar-refractivity contribution >= 4 is 5.69 Å². The number of para-hydroxylation sites is 1. The topological polar surface area (TPSA) is 3.24 Å². The largest absolute Gasteiger partial charge is 0.460 e.